The monoisotopic (exact) mass is 239 g/mol. The van der Waals surface area contributed by atoms with Gasteiger partial charge in [-0.2, -0.15) is 0 Å². The summed E-state index contributed by atoms with van der Waals surface area (Å²) in [7, 11) is 0. The molecular formula is C16H17NO. The van der Waals surface area contributed by atoms with Crippen molar-refractivity contribution in [1.82, 2.24) is 0 Å². The molecule has 0 unspecified atom stereocenters. The summed E-state index contributed by atoms with van der Waals surface area (Å²) in [5, 5.41) is 0. The molecule has 2 heteroatoms. The van der Waals surface area contributed by atoms with Crippen molar-refractivity contribution in [2.75, 3.05) is 18.9 Å². The maximum Gasteiger partial charge on any atom is 0.0669 e. The van der Waals surface area contributed by atoms with Crippen LogP contribution in [0.5, 0.6) is 0 Å². The van der Waals surface area contributed by atoms with Gasteiger partial charge < -0.3 is 10.5 Å². The largest absolute Gasteiger partial charge is 0.399 e. The van der Waals surface area contributed by atoms with Crippen LogP contribution in [0.1, 0.15) is 16.7 Å². The van der Waals surface area contributed by atoms with Crippen LogP contribution in [0.3, 0.4) is 0 Å². The summed E-state index contributed by atoms with van der Waals surface area (Å²) < 4.78 is 5.48. The van der Waals surface area contributed by atoms with Crippen LogP contribution in [0.4, 0.5) is 5.69 Å². The molecule has 2 aromatic rings. The number of hydrogen-bond donors (Lipinski definition) is 1. The number of hydrogen-bond acceptors (Lipinski definition) is 2. The van der Waals surface area contributed by atoms with E-state index in [-0.39, 0.29) is 5.41 Å². The van der Waals surface area contributed by atoms with Crippen molar-refractivity contribution in [1.29, 1.82) is 0 Å². The molecule has 1 fully saturated rings. The molecular weight excluding hydrogens is 222 g/mol. The van der Waals surface area contributed by atoms with Crippen LogP contribution in [0.2, 0.25) is 0 Å². The number of nitrogens with two attached hydrogens (primary N) is 1. The van der Waals surface area contributed by atoms with Gasteiger partial charge in [-0.25, -0.2) is 0 Å². The van der Waals surface area contributed by atoms with E-state index in [1.54, 1.807) is 0 Å². The van der Waals surface area contributed by atoms with E-state index in [2.05, 4.69) is 43.3 Å². The van der Waals surface area contributed by atoms with Crippen molar-refractivity contribution in [3.05, 3.63) is 65.2 Å². The molecule has 0 saturated carbocycles. The third-order valence-electron chi connectivity index (χ3n) is 3.76. The molecule has 0 radical (unpaired) electrons. The number of rotatable bonds is 2. The first-order valence-electron chi connectivity index (χ1n) is 6.22. The minimum absolute atomic E-state index is 0.0153. The van der Waals surface area contributed by atoms with Gasteiger partial charge in [0.25, 0.3) is 0 Å². The maximum absolute atomic E-state index is 5.76. The van der Waals surface area contributed by atoms with Gasteiger partial charge in [0.15, 0.2) is 0 Å². The van der Waals surface area contributed by atoms with Crippen LogP contribution in [-0.4, -0.2) is 13.2 Å². The van der Waals surface area contributed by atoms with Crippen LogP contribution in [-0.2, 0) is 10.2 Å². The highest BCUT2D eigenvalue weighted by Crippen LogP contribution is 2.39. The summed E-state index contributed by atoms with van der Waals surface area (Å²) in [6, 6.07) is 16.9. The van der Waals surface area contributed by atoms with Gasteiger partial charge in [0.05, 0.1) is 18.6 Å². The Bertz CT molecular complexity index is 491. The molecule has 1 aliphatic rings. The highest BCUT2D eigenvalue weighted by Gasteiger charge is 2.41. The third-order valence-corrected chi connectivity index (χ3v) is 3.76. The van der Waals surface area contributed by atoms with Crippen molar-refractivity contribution in [2.45, 2.75) is 12.3 Å². The molecule has 3 rings (SSSR count). The van der Waals surface area contributed by atoms with Crippen LogP contribution in [0, 0.1) is 6.92 Å². The number of benzene rings is 2. The Morgan fingerprint density at radius 2 is 1.39 bits per heavy atom. The molecule has 92 valence electrons. The summed E-state index contributed by atoms with van der Waals surface area (Å²) in [5.74, 6) is 0. The maximum atomic E-state index is 5.76. The Labute approximate surface area is 107 Å². The normalized spacial score (nSPS) is 17.2. The SMILES string of the molecule is Cc1ccc(C2(c3ccc(N)cc3)COC2)cc1. The topological polar surface area (TPSA) is 35.2 Å². The van der Waals surface area contributed by atoms with Crippen molar-refractivity contribution in [3.8, 4) is 0 Å². The third kappa shape index (κ3) is 1.70. The van der Waals surface area contributed by atoms with E-state index in [1.807, 2.05) is 12.1 Å². The van der Waals surface area contributed by atoms with Gasteiger partial charge in [-0.3, -0.25) is 0 Å². The van der Waals surface area contributed by atoms with E-state index in [4.69, 9.17) is 10.5 Å². The lowest BCUT2D eigenvalue weighted by atomic mass is 9.73. The Balaban J connectivity index is 2.04. The lowest BCUT2D eigenvalue weighted by molar-refractivity contribution is -0.0379. The van der Waals surface area contributed by atoms with Crippen molar-refractivity contribution in [2.24, 2.45) is 0 Å². The predicted octanol–water partition coefficient (Wildman–Crippen LogP) is 2.89. The van der Waals surface area contributed by atoms with E-state index < -0.39 is 0 Å². The van der Waals surface area contributed by atoms with Crippen molar-refractivity contribution < 1.29 is 4.74 Å². The number of aryl methyl sites for hydroxylation is 1. The van der Waals surface area contributed by atoms with Gasteiger partial charge in [-0.05, 0) is 30.2 Å². The predicted molar refractivity (Wildman–Crippen MR) is 73.6 cm³/mol. The zero-order valence-corrected chi connectivity index (χ0v) is 10.5. The Morgan fingerprint density at radius 3 is 1.83 bits per heavy atom. The molecule has 2 aromatic carbocycles. The first kappa shape index (κ1) is 11.3. The summed E-state index contributed by atoms with van der Waals surface area (Å²) in [5.41, 5.74) is 10.5. The first-order valence-corrected chi connectivity index (χ1v) is 6.22. The summed E-state index contributed by atoms with van der Waals surface area (Å²) in [6.45, 7) is 3.61. The fourth-order valence-electron chi connectivity index (χ4n) is 2.48. The highest BCUT2D eigenvalue weighted by molar-refractivity contribution is 5.47. The molecule has 1 saturated heterocycles. The van der Waals surface area contributed by atoms with Crippen LogP contribution >= 0.6 is 0 Å². The zero-order chi connectivity index (χ0) is 12.6. The summed E-state index contributed by atoms with van der Waals surface area (Å²) in [4.78, 5) is 0. The second kappa shape index (κ2) is 4.14. The quantitative estimate of drug-likeness (QED) is 0.818. The Kier molecular flexibility index (Phi) is 2.60. The molecule has 0 amide bonds. The van der Waals surface area contributed by atoms with Crippen LogP contribution in [0.25, 0.3) is 0 Å². The van der Waals surface area contributed by atoms with Gasteiger partial charge in [-0.15, -0.1) is 0 Å². The van der Waals surface area contributed by atoms with Gasteiger partial charge in [0.2, 0.25) is 0 Å². The molecule has 2 N–H and O–H groups in total. The van der Waals surface area contributed by atoms with Crippen molar-refractivity contribution >= 4 is 5.69 Å². The summed E-state index contributed by atoms with van der Waals surface area (Å²) >= 11 is 0. The van der Waals surface area contributed by atoms with Gasteiger partial charge in [-0.1, -0.05) is 42.0 Å². The average Bonchev–Trinajstić information content (AvgIpc) is 2.32. The number of anilines is 1. The minimum atomic E-state index is 0.0153. The second-order valence-electron chi connectivity index (χ2n) is 5.06. The number of nitrogen functional groups attached to an aromatic ring is 1. The Morgan fingerprint density at radius 1 is 0.889 bits per heavy atom. The molecule has 0 atom stereocenters. The zero-order valence-electron chi connectivity index (χ0n) is 10.5. The molecule has 1 heterocycles. The van der Waals surface area contributed by atoms with Crippen LogP contribution in [0.15, 0.2) is 48.5 Å². The van der Waals surface area contributed by atoms with Gasteiger partial charge in [0, 0.05) is 5.69 Å². The first-order chi connectivity index (χ1) is 8.71. The highest BCUT2D eigenvalue weighted by atomic mass is 16.5. The van der Waals surface area contributed by atoms with E-state index in [1.165, 1.54) is 16.7 Å². The average molecular weight is 239 g/mol. The lowest BCUT2D eigenvalue weighted by Crippen LogP contribution is -2.47. The molecule has 0 aromatic heterocycles. The smallest absolute Gasteiger partial charge is 0.0669 e. The van der Waals surface area contributed by atoms with Gasteiger partial charge in [0.1, 0.15) is 0 Å². The van der Waals surface area contributed by atoms with E-state index in [0.717, 1.165) is 18.9 Å². The number of ether oxygens (including phenoxy) is 1. The van der Waals surface area contributed by atoms with E-state index >= 15 is 0 Å². The standard InChI is InChI=1S/C16H17NO/c1-12-2-4-13(5-3-12)16(10-18-11-16)14-6-8-15(17)9-7-14/h2-9H,10-11,17H2,1H3. The fourth-order valence-corrected chi connectivity index (χ4v) is 2.48. The minimum Gasteiger partial charge on any atom is -0.399 e. The fraction of sp³-hybridized carbons (Fsp3) is 0.250. The molecule has 0 aliphatic carbocycles. The molecule has 18 heavy (non-hydrogen) atoms. The van der Waals surface area contributed by atoms with Crippen molar-refractivity contribution in [3.63, 3.8) is 0 Å². The van der Waals surface area contributed by atoms with E-state index in [9.17, 15) is 0 Å². The Hall–Kier alpha value is -1.80. The van der Waals surface area contributed by atoms with Gasteiger partial charge >= 0.3 is 0 Å². The molecule has 0 spiro atoms. The lowest BCUT2D eigenvalue weighted by Gasteiger charge is -2.42. The molecule has 1 aliphatic heterocycles. The van der Waals surface area contributed by atoms with Crippen LogP contribution < -0.4 is 5.73 Å². The second-order valence-corrected chi connectivity index (χ2v) is 5.06. The van der Waals surface area contributed by atoms with E-state index in [0.29, 0.717) is 0 Å². The molecule has 2 nitrogen and oxygen atoms in total. The molecule has 0 bridgehead atoms. The summed E-state index contributed by atoms with van der Waals surface area (Å²) in [6.07, 6.45) is 0.